The zero-order valence-electron chi connectivity index (χ0n) is 19.7. The lowest BCUT2D eigenvalue weighted by atomic mass is 10.2. The fourth-order valence-electron chi connectivity index (χ4n) is 3.06. The van der Waals surface area contributed by atoms with E-state index in [0.29, 0.717) is 41.2 Å². The first-order valence-corrected chi connectivity index (χ1v) is 11.1. The van der Waals surface area contributed by atoms with Crippen molar-refractivity contribution in [1.29, 1.82) is 0 Å². The van der Waals surface area contributed by atoms with Crippen LogP contribution in [0, 0.1) is 0 Å². The second kappa shape index (κ2) is 13.1. The molecule has 0 saturated heterocycles. The Labute approximate surface area is 209 Å². The van der Waals surface area contributed by atoms with E-state index < -0.39 is 0 Å². The van der Waals surface area contributed by atoms with Crippen LogP contribution in [0.15, 0.2) is 65.8 Å². The Balaban J connectivity index is 1.46. The van der Waals surface area contributed by atoms with Crippen LogP contribution in [-0.4, -0.2) is 40.1 Å². The molecule has 0 aliphatic heterocycles. The van der Waals surface area contributed by atoms with Gasteiger partial charge in [-0.1, -0.05) is 35.0 Å². The standard InChI is InChI=1S/C26H27ClN2O6/c1-31-22-10-6-19(12-24(22)32-2)14-28-26(30)17-35-29-15-20-7-11-23(25(13-20)33-3)34-16-18-4-8-21(27)9-5-18/h4-13,15H,14,16-17H2,1-3H3,(H,28,30)/b29-15+. The Morgan fingerprint density at radius 3 is 2.23 bits per heavy atom. The molecule has 0 saturated carbocycles. The first-order valence-electron chi connectivity index (χ1n) is 10.7. The van der Waals surface area contributed by atoms with E-state index in [2.05, 4.69) is 10.5 Å². The van der Waals surface area contributed by atoms with E-state index in [1.54, 1.807) is 45.6 Å². The smallest absolute Gasteiger partial charge is 0.261 e. The molecule has 0 radical (unpaired) electrons. The summed E-state index contributed by atoms with van der Waals surface area (Å²) in [5, 5.41) is 7.30. The van der Waals surface area contributed by atoms with Crippen LogP contribution in [0.5, 0.6) is 23.0 Å². The Morgan fingerprint density at radius 2 is 1.51 bits per heavy atom. The molecule has 0 aliphatic rings. The predicted molar refractivity (Wildman–Crippen MR) is 134 cm³/mol. The van der Waals surface area contributed by atoms with Gasteiger partial charge < -0.3 is 29.1 Å². The average molecular weight is 499 g/mol. The van der Waals surface area contributed by atoms with Crippen molar-refractivity contribution in [1.82, 2.24) is 5.32 Å². The van der Waals surface area contributed by atoms with Gasteiger partial charge in [0, 0.05) is 17.1 Å². The number of amides is 1. The van der Waals surface area contributed by atoms with Crippen molar-refractivity contribution in [2.24, 2.45) is 5.16 Å². The van der Waals surface area contributed by atoms with Crippen LogP contribution in [0.25, 0.3) is 0 Å². The number of ether oxygens (including phenoxy) is 4. The topological polar surface area (TPSA) is 87.6 Å². The van der Waals surface area contributed by atoms with Crippen molar-refractivity contribution in [2.75, 3.05) is 27.9 Å². The number of nitrogens with one attached hydrogen (secondary N) is 1. The molecule has 1 amide bonds. The Hall–Kier alpha value is -3.91. The van der Waals surface area contributed by atoms with Crippen LogP contribution in [0.2, 0.25) is 5.02 Å². The van der Waals surface area contributed by atoms with Crippen molar-refractivity contribution < 1.29 is 28.6 Å². The van der Waals surface area contributed by atoms with Crippen molar-refractivity contribution in [3.8, 4) is 23.0 Å². The zero-order chi connectivity index (χ0) is 25.0. The van der Waals surface area contributed by atoms with Crippen LogP contribution < -0.4 is 24.3 Å². The highest BCUT2D eigenvalue weighted by molar-refractivity contribution is 6.30. The monoisotopic (exact) mass is 498 g/mol. The number of benzene rings is 3. The third kappa shape index (κ3) is 7.82. The molecule has 3 aromatic carbocycles. The fraction of sp³-hybridized carbons (Fsp3) is 0.231. The Bertz CT molecular complexity index is 1150. The van der Waals surface area contributed by atoms with Gasteiger partial charge >= 0.3 is 0 Å². The largest absolute Gasteiger partial charge is 0.493 e. The number of hydrogen-bond acceptors (Lipinski definition) is 7. The third-order valence-electron chi connectivity index (χ3n) is 4.90. The summed E-state index contributed by atoms with van der Waals surface area (Å²) in [5.74, 6) is 2.06. The van der Waals surface area contributed by atoms with Gasteiger partial charge in [-0.25, -0.2) is 0 Å². The van der Waals surface area contributed by atoms with Crippen molar-refractivity contribution in [2.45, 2.75) is 13.2 Å². The maximum Gasteiger partial charge on any atom is 0.261 e. The first kappa shape index (κ1) is 25.7. The minimum absolute atomic E-state index is 0.219. The van der Waals surface area contributed by atoms with Crippen molar-refractivity contribution in [3.05, 3.63) is 82.4 Å². The SMILES string of the molecule is COc1ccc(CNC(=O)CO/N=C/c2ccc(OCc3ccc(Cl)cc3)c(OC)c2)cc1OC. The maximum atomic E-state index is 12.0. The molecule has 0 heterocycles. The van der Waals surface area contributed by atoms with Crippen molar-refractivity contribution >= 4 is 23.7 Å². The molecule has 3 rings (SSSR count). The number of halogens is 1. The molecule has 9 heteroatoms. The van der Waals surface area contributed by atoms with Crippen LogP contribution in [-0.2, 0) is 22.8 Å². The number of methoxy groups -OCH3 is 3. The molecular formula is C26H27ClN2O6. The molecule has 0 atom stereocenters. The zero-order valence-corrected chi connectivity index (χ0v) is 20.5. The van der Waals surface area contributed by atoms with Crippen LogP contribution in [0.3, 0.4) is 0 Å². The molecule has 0 unspecified atom stereocenters. The molecule has 0 bridgehead atoms. The van der Waals surface area contributed by atoms with Crippen LogP contribution in [0.4, 0.5) is 0 Å². The van der Waals surface area contributed by atoms with Gasteiger partial charge in [-0.3, -0.25) is 4.79 Å². The van der Waals surface area contributed by atoms with Gasteiger partial charge in [-0.15, -0.1) is 0 Å². The number of nitrogens with zero attached hydrogens (tertiary/aromatic N) is 1. The van der Waals surface area contributed by atoms with Gasteiger partial charge in [0.25, 0.3) is 5.91 Å². The number of rotatable bonds is 12. The van der Waals surface area contributed by atoms with E-state index in [1.807, 2.05) is 36.4 Å². The second-order valence-corrected chi connectivity index (χ2v) is 7.74. The molecule has 8 nitrogen and oxygen atoms in total. The van der Waals surface area contributed by atoms with Gasteiger partial charge in [-0.05, 0) is 53.6 Å². The van der Waals surface area contributed by atoms with E-state index >= 15 is 0 Å². The summed E-state index contributed by atoms with van der Waals surface area (Å²) in [4.78, 5) is 17.2. The Kier molecular flexibility index (Phi) is 9.62. The van der Waals surface area contributed by atoms with E-state index in [-0.39, 0.29) is 12.5 Å². The predicted octanol–water partition coefficient (Wildman–Crippen LogP) is 4.61. The second-order valence-electron chi connectivity index (χ2n) is 7.30. The molecule has 0 aromatic heterocycles. The molecule has 0 spiro atoms. The molecule has 0 aliphatic carbocycles. The lowest BCUT2D eigenvalue weighted by Crippen LogP contribution is -2.26. The minimum Gasteiger partial charge on any atom is -0.493 e. The Morgan fingerprint density at radius 1 is 0.857 bits per heavy atom. The number of carbonyl (C=O) groups is 1. The van der Waals surface area contributed by atoms with Gasteiger partial charge in [0.1, 0.15) is 6.61 Å². The lowest BCUT2D eigenvalue weighted by Gasteiger charge is -2.11. The van der Waals surface area contributed by atoms with Gasteiger partial charge in [0.2, 0.25) is 0 Å². The number of carbonyl (C=O) groups excluding carboxylic acids is 1. The minimum atomic E-state index is -0.305. The summed E-state index contributed by atoms with van der Waals surface area (Å²) in [7, 11) is 4.69. The van der Waals surface area contributed by atoms with Crippen LogP contribution >= 0.6 is 11.6 Å². The summed E-state index contributed by atoms with van der Waals surface area (Å²) in [6, 6.07) is 18.2. The third-order valence-corrected chi connectivity index (χ3v) is 5.16. The normalized spacial score (nSPS) is 10.6. The van der Waals surface area contributed by atoms with Gasteiger partial charge in [0.05, 0.1) is 27.5 Å². The quantitative estimate of drug-likeness (QED) is 0.290. The summed E-state index contributed by atoms with van der Waals surface area (Å²) in [5.41, 5.74) is 2.58. The molecule has 0 fully saturated rings. The van der Waals surface area contributed by atoms with Crippen molar-refractivity contribution in [3.63, 3.8) is 0 Å². The average Bonchev–Trinajstić information content (AvgIpc) is 2.89. The number of hydrogen-bond donors (Lipinski definition) is 1. The lowest BCUT2D eigenvalue weighted by molar-refractivity contribution is -0.125. The summed E-state index contributed by atoms with van der Waals surface area (Å²) in [6.07, 6.45) is 1.49. The summed E-state index contributed by atoms with van der Waals surface area (Å²) >= 11 is 5.91. The molecule has 1 N–H and O–H groups in total. The fourth-order valence-corrected chi connectivity index (χ4v) is 3.19. The molecular weight excluding hydrogens is 472 g/mol. The first-order chi connectivity index (χ1) is 17.0. The maximum absolute atomic E-state index is 12.0. The molecule has 184 valence electrons. The highest BCUT2D eigenvalue weighted by Gasteiger charge is 2.08. The summed E-state index contributed by atoms with van der Waals surface area (Å²) < 4.78 is 21.7. The summed E-state index contributed by atoms with van der Waals surface area (Å²) in [6.45, 7) is 0.479. The van der Waals surface area contributed by atoms with E-state index in [1.165, 1.54) is 6.21 Å². The highest BCUT2D eigenvalue weighted by atomic mass is 35.5. The van der Waals surface area contributed by atoms with Gasteiger partial charge in [-0.2, -0.15) is 0 Å². The van der Waals surface area contributed by atoms with E-state index in [4.69, 9.17) is 35.4 Å². The van der Waals surface area contributed by atoms with E-state index in [9.17, 15) is 4.79 Å². The molecule has 35 heavy (non-hydrogen) atoms. The molecule has 3 aromatic rings. The van der Waals surface area contributed by atoms with E-state index in [0.717, 1.165) is 16.7 Å². The van der Waals surface area contributed by atoms with Crippen LogP contribution in [0.1, 0.15) is 16.7 Å². The highest BCUT2D eigenvalue weighted by Crippen LogP contribution is 2.29. The number of oxime groups is 1. The van der Waals surface area contributed by atoms with Gasteiger partial charge in [0.15, 0.2) is 29.6 Å².